The molecule has 27 nitrogen and oxygen atoms in total. The molecule has 4 bridgehead atoms. The lowest BCUT2D eigenvalue weighted by atomic mass is 9.76. The number of cyclic esters (lactones) is 1. The maximum absolute atomic E-state index is 14.6. The van der Waals surface area contributed by atoms with Gasteiger partial charge in [-0.3, -0.25) is 9.59 Å². The van der Waals surface area contributed by atoms with Gasteiger partial charge in [-0.2, -0.15) is 0 Å². The molecule has 0 saturated carbocycles. The summed E-state index contributed by atoms with van der Waals surface area (Å²) in [5, 5.41) is 137. The number of phenols is 11. The summed E-state index contributed by atoms with van der Waals surface area (Å²) in [5.41, 5.74) is -7.08. The summed E-state index contributed by atoms with van der Waals surface area (Å²) < 4.78 is 38.8. The molecule has 68 heavy (non-hydrogen) atoms. The predicted molar refractivity (Wildman–Crippen MR) is 206 cm³/mol. The van der Waals surface area contributed by atoms with E-state index in [2.05, 4.69) is 0 Å². The van der Waals surface area contributed by atoms with Gasteiger partial charge in [0.1, 0.15) is 12.7 Å². The number of aliphatic carboxylic acids is 1. The number of aliphatic hydroxyl groups excluding tert-OH is 1. The van der Waals surface area contributed by atoms with E-state index in [0.29, 0.717) is 30.3 Å². The summed E-state index contributed by atoms with van der Waals surface area (Å²) in [6, 6.07) is 2.36. The van der Waals surface area contributed by atoms with E-state index in [0.717, 1.165) is 0 Å². The minimum Gasteiger partial charge on any atom is -0.504 e. The first-order valence-electron chi connectivity index (χ1n) is 19.2. The number of carboxylic acid groups (broad SMARTS) is 1. The maximum atomic E-state index is 14.6. The highest BCUT2D eigenvalue weighted by molar-refractivity contribution is 6.08. The summed E-state index contributed by atoms with van der Waals surface area (Å²) >= 11 is 0. The fraction of sp³-hybridized carbons (Fsp3) is 0.244. The molecule has 1 fully saturated rings. The fourth-order valence-corrected chi connectivity index (χ4v) is 8.04. The number of hydrogen-bond donors (Lipinski definition) is 13. The summed E-state index contributed by atoms with van der Waals surface area (Å²) in [5.74, 6) is -32.0. The first-order valence-corrected chi connectivity index (χ1v) is 19.2. The number of carboxylic acids is 1. The van der Waals surface area contributed by atoms with Crippen LogP contribution in [-0.2, 0) is 42.8 Å². The Balaban J connectivity index is 1.39. The van der Waals surface area contributed by atoms with Crippen molar-refractivity contribution in [2.75, 3.05) is 6.61 Å². The zero-order valence-electron chi connectivity index (χ0n) is 33.4. The average molecular weight is 955 g/mol. The van der Waals surface area contributed by atoms with Gasteiger partial charge in [0, 0.05) is 22.6 Å². The normalized spacial score (nSPS) is 24.3. The predicted octanol–water partition coefficient (Wildman–Crippen LogP) is -0.00170. The van der Waals surface area contributed by atoms with Crippen LogP contribution in [0.2, 0.25) is 0 Å². The van der Waals surface area contributed by atoms with Crippen LogP contribution in [-0.4, -0.2) is 152 Å². The first kappa shape index (κ1) is 45.5. The highest BCUT2D eigenvalue weighted by Crippen LogP contribution is 2.54. The lowest BCUT2D eigenvalue weighted by Gasteiger charge is -2.44. The standard InChI is InChI=1S/C41H30O27/c42-13-1-8(2-14(43)24(13)49)35(56)68-41-34-33-31(64-39(60)12(6-19(47)48)22-23-11(38(59)67-34)5-17(46)27(52)32(23)65-40(61)30(22)55)18(63-41)7-62-36(57)9-3-15(44)25(50)28(53)20(9)21-10(37(58)66-33)4-16(45)26(51)29(21)54/h1-5,12,18,22,30-31,33-34,41-46,49-55H,6-7H2,(H,47,48)/t12-,18+,22-,30-,31+,33+,34+,41-/m0/s1. The van der Waals surface area contributed by atoms with E-state index >= 15 is 0 Å². The van der Waals surface area contributed by atoms with Gasteiger partial charge in [-0.1, -0.05) is 0 Å². The van der Waals surface area contributed by atoms with Gasteiger partial charge < -0.3 is 99.5 Å². The molecule has 27 heteroatoms. The Bertz CT molecular complexity index is 2900. The van der Waals surface area contributed by atoms with Crippen LogP contribution in [0.1, 0.15) is 59.3 Å². The lowest BCUT2D eigenvalue weighted by Crippen LogP contribution is -2.63. The van der Waals surface area contributed by atoms with Gasteiger partial charge in [-0.15, -0.1) is 0 Å². The highest BCUT2D eigenvalue weighted by atomic mass is 16.7. The third-order valence-corrected chi connectivity index (χ3v) is 11.2. The number of phenolic OH excluding ortho intramolecular Hbond substituents is 11. The number of ether oxygens (including phenoxy) is 7. The van der Waals surface area contributed by atoms with Gasteiger partial charge in [-0.05, 0) is 30.3 Å². The third-order valence-electron chi connectivity index (χ3n) is 11.2. The van der Waals surface area contributed by atoms with Gasteiger partial charge in [0.05, 0.1) is 34.6 Å². The highest BCUT2D eigenvalue weighted by Gasteiger charge is 2.58. The van der Waals surface area contributed by atoms with Crippen LogP contribution in [0, 0.1) is 5.92 Å². The smallest absolute Gasteiger partial charge is 0.341 e. The molecule has 4 aliphatic rings. The van der Waals surface area contributed by atoms with Crippen LogP contribution >= 0.6 is 0 Å². The molecule has 0 amide bonds. The van der Waals surface area contributed by atoms with Crippen LogP contribution in [0.25, 0.3) is 11.1 Å². The van der Waals surface area contributed by atoms with Crippen molar-refractivity contribution in [1.82, 2.24) is 0 Å². The third kappa shape index (κ3) is 7.31. The molecular weight excluding hydrogens is 924 g/mol. The number of esters is 6. The molecular formula is C41H30O27. The number of hydrogen-bond acceptors (Lipinski definition) is 26. The zero-order chi connectivity index (χ0) is 49.5. The number of carbonyl (C=O) groups excluding carboxylic acids is 6. The van der Waals surface area contributed by atoms with Crippen molar-refractivity contribution >= 4 is 41.8 Å². The Morgan fingerprint density at radius 2 is 1.10 bits per heavy atom. The summed E-state index contributed by atoms with van der Waals surface area (Å²) in [6.07, 6.45) is -16.3. The van der Waals surface area contributed by atoms with Gasteiger partial charge >= 0.3 is 41.8 Å². The molecule has 4 aliphatic heterocycles. The van der Waals surface area contributed by atoms with Crippen LogP contribution in [0.4, 0.5) is 0 Å². The van der Waals surface area contributed by atoms with Gasteiger partial charge in [0.25, 0.3) is 0 Å². The van der Waals surface area contributed by atoms with E-state index in [9.17, 15) is 99.9 Å². The summed E-state index contributed by atoms with van der Waals surface area (Å²) in [6.45, 7) is -1.31. The molecule has 4 aromatic rings. The number of aromatic hydroxyl groups is 11. The second-order valence-corrected chi connectivity index (χ2v) is 15.2. The van der Waals surface area contributed by atoms with E-state index in [1.165, 1.54) is 0 Å². The molecule has 0 unspecified atom stereocenters. The van der Waals surface area contributed by atoms with Crippen molar-refractivity contribution in [3.05, 3.63) is 58.1 Å². The van der Waals surface area contributed by atoms with Crippen molar-refractivity contribution in [3.63, 3.8) is 0 Å². The molecule has 8 rings (SSSR count). The second kappa shape index (κ2) is 16.4. The first-order chi connectivity index (χ1) is 32.0. The number of carbonyl (C=O) groups is 7. The fourth-order valence-electron chi connectivity index (χ4n) is 8.04. The van der Waals surface area contributed by atoms with Crippen LogP contribution in [0.5, 0.6) is 69.0 Å². The van der Waals surface area contributed by atoms with Crippen LogP contribution in [0.15, 0.2) is 30.3 Å². The summed E-state index contributed by atoms with van der Waals surface area (Å²) in [7, 11) is 0. The van der Waals surface area contributed by atoms with E-state index < -0.39 is 211 Å². The number of aliphatic hydroxyl groups is 1. The Kier molecular flexibility index (Phi) is 11.0. The minimum absolute atomic E-state index is 0.361. The van der Waals surface area contributed by atoms with E-state index in [1.54, 1.807) is 0 Å². The molecule has 0 radical (unpaired) electrons. The van der Waals surface area contributed by atoms with Crippen molar-refractivity contribution in [2.45, 2.75) is 49.1 Å². The largest absolute Gasteiger partial charge is 0.504 e. The SMILES string of the molecule is O=C(O)C[C@@H]1C(=O)O[C@H]2[C@H]3OC(=O)c4cc(O)c(O)c(O)c4-c4c(cc(O)c(O)c4O)C(=O)OC[C@H]2O[C@@H](OC(=O)c2cc(O)c(O)c(O)c2)[C@@H]3OC(=O)c2cc(O)c(O)c3c2[C@H]1[C@H](O)C(=O)O3. The second-order valence-electron chi connectivity index (χ2n) is 15.2. The van der Waals surface area contributed by atoms with Crippen LogP contribution < -0.4 is 4.74 Å². The Morgan fingerprint density at radius 1 is 0.588 bits per heavy atom. The van der Waals surface area contributed by atoms with Gasteiger partial charge in [0.2, 0.25) is 29.6 Å². The molecule has 13 N–H and O–H groups in total. The lowest BCUT2D eigenvalue weighted by molar-refractivity contribution is -0.287. The number of benzene rings is 4. The van der Waals surface area contributed by atoms with E-state index in [1.807, 2.05) is 0 Å². The topological polar surface area (TPSA) is 447 Å². The summed E-state index contributed by atoms with van der Waals surface area (Å²) in [4.78, 5) is 96.8. The van der Waals surface area contributed by atoms with Gasteiger partial charge in [-0.25, -0.2) is 24.0 Å². The molecule has 356 valence electrons. The maximum Gasteiger partial charge on any atom is 0.341 e. The zero-order valence-corrected chi connectivity index (χ0v) is 33.4. The Labute approximate surface area is 374 Å². The molecule has 0 spiro atoms. The van der Waals surface area contributed by atoms with Crippen molar-refractivity contribution < 1.29 is 133 Å². The van der Waals surface area contributed by atoms with E-state index in [4.69, 9.17) is 33.2 Å². The number of fused-ring (bicyclic) bond motifs is 3. The van der Waals surface area contributed by atoms with Crippen molar-refractivity contribution in [2.24, 2.45) is 5.92 Å². The Hall–Kier alpha value is -9.11. The molecule has 4 aromatic carbocycles. The Morgan fingerprint density at radius 3 is 1.69 bits per heavy atom. The van der Waals surface area contributed by atoms with Crippen molar-refractivity contribution in [3.8, 4) is 80.1 Å². The van der Waals surface area contributed by atoms with Crippen molar-refractivity contribution in [1.29, 1.82) is 0 Å². The molecule has 8 atom stereocenters. The molecule has 1 saturated heterocycles. The van der Waals surface area contributed by atoms with Crippen LogP contribution in [0.3, 0.4) is 0 Å². The molecule has 0 aliphatic carbocycles. The quantitative estimate of drug-likeness (QED) is 0.0554. The van der Waals surface area contributed by atoms with E-state index in [-0.39, 0.29) is 0 Å². The monoisotopic (exact) mass is 954 g/mol. The average Bonchev–Trinajstić information content (AvgIpc) is 3.28. The molecule has 4 heterocycles. The minimum atomic E-state index is -2.58. The van der Waals surface area contributed by atoms with Gasteiger partial charge in [0.15, 0.2) is 70.1 Å². The number of rotatable bonds is 4. The molecule has 0 aromatic heterocycles.